The first-order chi connectivity index (χ1) is 10.1. The van der Waals surface area contributed by atoms with Crippen LogP contribution in [0.1, 0.15) is 24.3 Å². The van der Waals surface area contributed by atoms with Gasteiger partial charge in [0, 0.05) is 32.8 Å². The van der Waals surface area contributed by atoms with Gasteiger partial charge in [-0.05, 0) is 19.8 Å². The molecule has 6 nitrogen and oxygen atoms in total. The van der Waals surface area contributed by atoms with Crippen LogP contribution in [0.3, 0.4) is 0 Å². The Morgan fingerprint density at radius 2 is 2.33 bits per heavy atom. The number of ether oxygens (including phenoxy) is 1. The first-order valence-electron chi connectivity index (χ1n) is 7.19. The number of aryl methyl sites for hydroxylation is 1. The Morgan fingerprint density at radius 3 is 3.00 bits per heavy atom. The van der Waals surface area contributed by atoms with E-state index in [0.717, 1.165) is 30.8 Å². The van der Waals surface area contributed by atoms with Crippen LogP contribution in [-0.2, 0) is 14.8 Å². The van der Waals surface area contributed by atoms with Gasteiger partial charge in [-0.15, -0.1) is 11.3 Å². The number of piperidine rings is 1. The van der Waals surface area contributed by atoms with Gasteiger partial charge in [0.05, 0.1) is 17.8 Å². The summed E-state index contributed by atoms with van der Waals surface area (Å²) in [6.07, 6.45) is 4.37. The van der Waals surface area contributed by atoms with Gasteiger partial charge < -0.3 is 10.1 Å². The molecule has 0 bridgehead atoms. The van der Waals surface area contributed by atoms with E-state index < -0.39 is 10.0 Å². The molecule has 0 amide bonds. The van der Waals surface area contributed by atoms with Crippen molar-refractivity contribution in [1.82, 2.24) is 14.6 Å². The molecule has 120 valence electrons. The highest BCUT2D eigenvalue weighted by Gasteiger charge is 2.34. The quantitative estimate of drug-likeness (QED) is 0.760. The Hall–Kier alpha value is -0.540. The normalized spacial score (nSPS) is 20.8. The Balaban J connectivity index is 2.07. The fraction of sp³-hybridized carbons (Fsp3) is 0.769. The van der Waals surface area contributed by atoms with E-state index in [4.69, 9.17) is 4.74 Å². The minimum atomic E-state index is -3.41. The van der Waals surface area contributed by atoms with E-state index in [1.807, 2.05) is 6.92 Å². The molecule has 1 fully saturated rings. The number of hydrogen-bond acceptors (Lipinski definition) is 6. The number of nitrogens with zero attached hydrogens (tertiary/aromatic N) is 2. The molecule has 1 atom stereocenters. The molecule has 0 spiro atoms. The van der Waals surface area contributed by atoms with Crippen molar-refractivity contribution >= 4 is 21.4 Å². The summed E-state index contributed by atoms with van der Waals surface area (Å²) in [4.78, 5) is 4.07. The van der Waals surface area contributed by atoms with Crippen LogP contribution in [0.5, 0.6) is 0 Å². The minimum Gasteiger partial charge on any atom is -0.383 e. The lowest BCUT2D eigenvalue weighted by atomic mass is 10.1. The summed E-state index contributed by atoms with van der Waals surface area (Å²) < 4.78 is 32.5. The largest absolute Gasteiger partial charge is 0.383 e. The number of sulfonamides is 1. The fourth-order valence-corrected chi connectivity index (χ4v) is 5.45. The number of aromatic nitrogens is 1. The Kier molecular flexibility index (Phi) is 6.12. The van der Waals surface area contributed by atoms with Crippen LogP contribution >= 0.6 is 11.3 Å². The van der Waals surface area contributed by atoms with Gasteiger partial charge in [-0.3, -0.25) is 0 Å². The highest BCUT2D eigenvalue weighted by Crippen LogP contribution is 2.28. The van der Waals surface area contributed by atoms with E-state index in [1.165, 1.54) is 17.5 Å². The van der Waals surface area contributed by atoms with Crippen molar-refractivity contribution in [2.24, 2.45) is 0 Å². The molecule has 1 N–H and O–H groups in total. The molecule has 2 rings (SSSR count). The molecule has 1 aromatic heterocycles. The van der Waals surface area contributed by atoms with E-state index in [1.54, 1.807) is 11.4 Å². The summed E-state index contributed by atoms with van der Waals surface area (Å²) in [5.74, 6) is 0. The van der Waals surface area contributed by atoms with Crippen molar-refractivity contribution in [3.05, 3.63) is 11.2 Å². The Labute approximate surface area is 130 Å². The summed E-state index contributed by atoms with van der Waals surface area (Å²) in [5.41, 5.74) is 0. The second-order valence-electron chi connectivity index (χ2n) is 5.16. The van der Waals surface area contributed by atoms with Crippen molar-refractivity contribution in [2.75, 3.05) is 33.4 Å². The second kappa shape index (κ2) is 7.64. The lowest BCUT2D eigenvalue weighted by Crippen LogP contribution is -2.48. The van der Waals surface area contributed by atoms with E-state index >= 15 is 0 Å². The summed E-state index contributed by atoms with van der Waals surface area (Å²) in [5, 5.41) is 4.05. The monoisotopic (exact) mass is 333 g/mol. The number of thiazole rings is 1. The van der Waals surface area contributed by atoms with Gasteiger partial charge in [-0.2, -0.15) is 4.31 Å². The zero-order valence-corrected chi connectivity index (χ0v) is 14.2. The molecule has 0 aromatic carbocycles. The third-order valence-corrected chi connectivity index (χ3v) is 6.90. The third kappa shape index (κ3) is 4.23. The van der Waals surface area contributed by atoms with Crippen LogP contribution in [0, 0.1) is 6.92 Å². The molecule has 0 aliphatic carbocycles. The molecular weight excluding hydrogens is 310 g/mol. The van der Waals surface area contributed by atoms with Gasteiger partial charge >= 0.3 is 0 Å². The molecule has 2 heterocycles. The van der Waals surface area contributed by atoms with Gasteiger partial charge in [-0.25, -0.2) is 13.4 Å². The standard InChI is InChI=1S/C13H23N3O3S2/c1-11-15-10-13(20-11)21(17,18)16-7-4-3-5-12(16)9-14-6-8-19-2/h10,12,14H,3-9H2,1-2H3. The third-order valence-electron chi connectivity index (χ3n) is 3.60. The molecule has 1 aliphatic heterocycles. The van der Waals surface area contributed by atoms with Gasteiger partial charge in [0.2, 0.25) is 0 Å². The van der Waals surface area contributed by atoms with Crippen LogP contribution in [0.15, 0.2) is 10.4 Å². The first-order valence-corrected chi connectivity index (χ1v) is 9.45. The number of methoxy groups -OCH3 is 1. The van der Waals surface area contributed by atoms with Crippen LogP contribution < -0.4 is 5.32 Å². The maximum Gasteiger partial charge on any atom is 0.254 e. The smallest absolute Gasteiger partial charge is 0.254 e. The first kappa shape index (κ1) is 16.8. The van der Waals surface area contributed by atoms with Crippen LogP contribution in [-0.4, -0.2) is 57.1 Å². The van der Waals surface area contributed by atoms with Gasteiger partial charge in [-0.1, -0.05) is 6.42 Å². The fourth-order valence-electron chi connectivity index (χ4n) is 2.51. The van der Waals surface area contributed by atoms with E-state index in [9.17, 15) is 8.42 Å². The maximum absolute atomic E-state index is 12.7. The second-order valence-corrected chi connectivity index (χ2v) is 8.51. The van der Waals surface area contributed by atoms with Crippen molar-refractivity contribution in [3.8, 4) is 0 Å². The van der Waals surface area contributed by atoms with Crippen LogP contribution in [0.2, 0.25) is 0 Å². The zero-order chi connectivity index (χ0) is 15.3. The lowest BCUT2D eigenvalue weighted by Gasteiger charge is -2.34. The Morgan fingerprint density at radius 1 is 1.52 bits per heavy atom. The molecule has 0 saturated carbocycles. The highest BCUT2D eigenvalue weighted by molar-refractivity contribution is 7.91. The lowest BCUT2D eigenvalue weighted by molar-refractivity contribution is 0.191. The summed E-state index contributed by atoms with van der Waals surface area (Å²) in [7, 11) is -1.76. The minimum absolute atomic E-state index is 0.0167. The molecule has 1 aromatic rings. The summed E-state index contributed by atoms with van der Waals surface area (Å²) >= 11 is 1.24. The average Bonchev–Trinajstić information content (AvgIpc) is 2.91. The molecule has 1 aliphatic rings. The van der Waals surface area contributed by atoms with Gasteiger partial charge in [0.15, 0.2) is 4.21 Å². The van der Waals surface area contributed by atoms with Crippen molar-refractivity contribution in [2.45, 2.75) is 36.4 Å². The molecule has 1 saturated heterocycles. The topological polar surface area (TPSA) is 71.5 Å². The number of nitrogens with one attached hydrogen (secondary N) is 1. The molecular formula is C13H23N3O3S2. The molecule has 8 heteroatoms. The van der Waals surface area contributed by atoms with Gasteiger partial charge in [0.25, 0.3) is 10.0 Å². The highest BCUT2D eigenvalue weighted by atomic mass is 32.2. The summed E-state index contributed by atoms with van der Waals surface area (Å²) in [6.45, 7) is 4.45. The summed E-state index contributed by atoms with van der Waals surface area (Å²) in [6, 6.07) is 0.0167. The van der Waals surface area contributed by atoms with Gasteiger partial charge in [0.1, 0.15) is 0 Å². The average molecular weight is 333 g/mol. The van der Waals surface area contributed by atoms with Crippen LogP contribution in [0.4, 0.5) is 0 Å². The van der Waals surface area contributed by atoms with Crippen molar-refractivity contribution in [3.63, 3.8) is 0 Å². The van der Waals surface area contributed by atoms with E-state index in [-0.39, 0.29) is 6.04 Å². The van der Waals surface area contributed by atoms with E-state index in [2.05, 4.69) is 10.3 Å². The number of hydrogen-bond donors (Lipinski definition) is 1. The van der Waals surface area contributed by atoms with Crippen molar-refractivity contribution in [1.29, 1.82) is 0 Å². The predicted molar refractivity (Wildman–Crippen MR) is 83.1 cm³/mol. The van der Waals surface area contributed by atoms with Crippen LogP contribution in [0.25, 0.3) is 0 Å². The SMILES string of the molecule is COCCNCC1CCCCN1S(=O)(=O)c1cnc(C)s1. The molecule has 0 radical (unpaired) electrons. The predicted octanol–water partition coefficient (Wildman–Crippen LogP) is 1.23. The van der Waals surface area contributed by atoms with Crippen molar-refractivity contribution < 1.29 is 13.2 Å². The maximum atomic E-state index is 12.7. The van der Waals surface area contributed by atoms with E-state index in [0.29, 0.717) is 23.9 Å². The number of rotatable bonds is 7. The molecule has 1 unspecified atom stereocenters. The Bertz CT molecular complexity index is 545. The zero-order valence-electron chi connectivity index (χ0n) is 12.5. The molecule has 21 heavy (non-hydrogen) atoms.